The van der Waals surface area contributed by atoms with E-state index in [4.69, 9.17) is 9.47 Å². The maximum atomic E-state index is 12.9. The van der Waals surface area contributed by atoms with E-state index in [1.165, 1.54) is 25.7 Å². The molecule has 0 spiro atoms. The summed E-state index contributed by atoms with van der Waals surface area (Å²) in [7, 11) is 0. The number of carbonyl (C=O) groups excluding carboxylic acids is 1. The first-order chi connectivity index (χ1) is 11.3. The van der Waals surface area contributed by atoms with Crippen molar-refractivity contribution >= 4 is 5.91 Å². The molecule has 0 aromatic heterocycles. The lowest BCUT2D eigenvalue weighted by Crippen LogP contribution is -2.51. The molecule has 0 bridgehead atoms. The Balaban J connectivity index is 1.44. The van der Waals surface area contributed by atoms with Crippen molar-refractivity contribution in [3.63, 3.8) is 0 Å². The van der Waals surface area contributed by atoms with E-state index in [9.17, 15) is 4.79 Å². The Morgan fingerprint density at radius 3 is 2.52 bits per heavy atom. The van der Waals surface area contributed by atoms with E-state index in [0.717, 1.165) is 32.2 Å². The number of nitrogens with zero attached hydrogens (tertiary/aromatic N) is 2. The fourth-order valence-electron chi connectivity index (χ4n) is 3.97. The summed E-state index contributed by atoms with van der Waals surface area (Å²) in [5.41, 5.74) is 0.636. The fraction of sp³-hybridized carbons (Fsp3) is 0.611. The second kappa shape index (κ2) is 6.40. The third-order valence-electron chi connectivity index (χ3n) is 5.24. The largest absolute Gasteiger partial charge is 0.486 e. The first-order valence-electron chi connectivity index (χ1n) is 8.75. The van der Waals surface area contributed by atoms with Gasteiger partial charge in [0, 0.05) is 32.2 Å². The zero-order valence-electron chi connectivity index (χ0n) is 13.5. The van der Waals surface area contributed by atoms with Crippen molar-refractivity contribution in [2.75, 3.05) is 39.4 Å². The molecular formula is C18H24N2O3. The van der Waals surface area contributed by atoms with Gasteiger partial charge in [-0.25, -0.2) is 0 Å². The summed E-state index contributed by atoms with van der Waals surface area (Å²) >= 11 is 0. The molecule has 0 unspecified atom stereocenters. The zero-order valence-corrected chi connectivity index (χ0v) is 13.5. The Morgan fingerprint density at radius 2 is 1.74 bits per heavy atom. The smallest absolute Gasteiger partial charge is 0.257 e. The highest BCUT2D eigenvalue weighted by molar-refractivity contribution is 5.98. The minimum Gasteiger partial charge on any atom is -0.486 e. The average Bonchev–Trinajstić information content (AvgIpc) is 3.15. The molecule has 1 amide bonds. The summed E-state index contributed by atoms with van der Waals surface area (Å²) in [5.74, 6) is 1.37. The van der Waals surface area contributed by atoms with E-state index in [1.807, 2.05) is 23.1 Å². The SMILES string of the molecule is O=C(c1cccc2c1OCCO2)N1CCN(C2CCCC2)CC1. The average molecular weight is 316 g/mol. The van der Waals surface area contributed by atoms with Gasteiger partial charge < -0.3 is 14.4 Å². The van der Waals surface area contributed by atoms with E-state index in [1.54, 1.807) is 0 Å². The van der Waals surface area contributed by atoms with E-state index in [-0.39, 0.29) is 5.91 Å². The lowest BCUT2D eigenvalue weighted by Gasteiger charge is -2.38. The number of ether oxygens (including phenoxy) is 2. The summed E-state index contributed by atoms with van der Waals surface area (Å²) in [4.78, 5) is 17.4. The number of amides is 1. The summed E-state index contributed by atoms with van der Waals surface area (Å²) in [5, 5.41) is 0. The predicted molar refractivity (Wildman–Crippen MR) is 87.2 cm³/mol. The highest BCUT2D eigenvalue weighted by Crippen LogP contribution is 2.34. The Bertz CT molecular complexity index is 576. The molecule has 1 saturated carbocycles. The third kappa shape index (κ3) is 2.90. The zero-order chi connectivity index (χ0) is 15.6. The van der Waals surface area contributed by atoms with Crippen LogP contribution in [0.3, 0.4) is 0 Å². The Labute approximate surface area is 137 Å². The predicted octanol–water partition coefficient (Wildman–Crippen LogP) is 2.16. The van der Waals surface area contributed by atoms with Gasteiger partial charge in [0.25, 0.3) is 5.91 Å². The first kappa shape index (κ1) is 14.8. The lowest BCUT2D eigenvalue weighted by molar-refractivity contribution is 0.0565. The van der Waals surface area contributed by atoms with Crippen LogP contribution in [-0.2, 0) is 0 Å². The van der Waals surface area contributed by atoms with Gasteiger partial charge >= 0.3 is 0 Å². The van der Waals surface area contributed by atoms with Gasteiger partial charge in [0.1, 0.15) is 13.2 Å². The lowest BCUT2D eigenvalue weighted by atomic mass is 10.1. The number of benzene rings is 1. The van der Waals surface area contributed by atoms with Gasteiger partial charge in [-0.3, -0.25) is 9.69 Å². The van der Waals surface area contributed by atoms with Crippen LogP contribution in [0.5, 0.6) is 11.5 Å². The van der Waals surface area contributed by atoms with Crippen molar-refractivity contribution < 1.29 is 14.3 Å². The number of rotatable bonds is 2. The fourth-order valence-corrected chi connectivity index (χ4v) is 3.97. The van der Waals surface area contributed by atoms with Gasteiger partial charge in [0.15, 0.2) is 11.5 Å². The minimum absolute atomic E-state index is 0.0680. The molecule has 2 fully saturated rings. The van der Waals surface area contributed by atoms with Gasteiger partial charge in [-0.1, -0.05) is 18.9 Å². The summed E-state index contributed by atoms with van der Waals surface area (Å²) in [6.45, 7) is 4.64. The van der Waals surface area contributed by atoms with Crippen molar-refractivity contribution in [2.24, 2.45) is 0 Å². The standard InChI is InChI=1S/C18H24N2O3/c21-18(15-6-3-7-16-17(15)23-13-12-22-16)20-10-8-19(9-11-20)14-4-1-2-5-14/h3,6-7,14H,1-2,4-5,8-13H2. The van der Waals surface area contributed by atoms with Gasteiger partial charge in [-0.15, -0.1) is 0 Å². The van der Waals surface area contributed by atoms with Crippen LogP contribution in [0, 0.1) is 0 Å². The molecule has 0 N–H and O–H groups in total. The van der Waals surface area contributed by atoms with Gasteiger partial charge in [-0.05, 0) is 25.0 Å². The molecule has 1 aliphatic carbocycles. The molecule has 0 radical (unpaired) electrons. The maximum absolute atomic E-state index is 12.9. The van der Waals surface area contributed by atoms with Crippen LogP contribution in [0.1, 0.15) is 36.0 Å². The quantitative estimate of drug-likeness (QED) is 0.838. The number of piperazine rings is 1. The van der Waals surface area contributed by atoms with Gasteiger partial charge in [-0.2, -0.15) is 0 Å². The van der Waals surface area contributed by atoms with E-state index in [0.29, 0.717) is 30.3 Å². The molecule has 1 aromatic carbocycles. The Hall–Kier alpha value is -1.75. The van der Waals surface area contributed by atoms with Crippen LogP contribution in [-0.4, -0.2) is 61.1 Å². The number of para-hydroxylation sites is 1. The molecule has 5 nitrogen and oxygen atoms in total. The molecule has 4 rings (SSSR count). The Morgan fingerprint density at radius 1 is 1.00 bits per heavy atom. The molecule has 2 heterocycles. The molecule has 1 saturated heterocycles. The minimum atomic E-state index is 0.0680. The van der Waals surface area contributed by atoms with Crippen LogP contribution >= 0.6 is 0 Å². The molecular weight excluding hydrogens is 292 g/mol. The first-order valence-corrected chi connectivity index (χ1v) is 8.75. The van der Waals surface area contributed by atoms with Crippen molar-refractivity contribution in [1.29, 1.82) is 0 Å². The summed E-state index contributed by atoms with van der Waals surface area (Å²) in [6.07, 6.45) is 5.37. The molecule has 5 heteroatoms. The highest BCUT2D eigenvalue weighted by Gasteiger charge is 2.30. The molecule has 1 aromatic rings. The van der Waals surface area contributed by atoms with Gasteiger partial charge in [0.05, 0.1) is 5.56 Å². The van der Waals surface area contributed by atoms with Crippen molar-refractivity contribution in [1.82, 2.24) is 9.80 Å². The van der Waals surface area contributed by atoms with Crippen LogP contribution in [0.2, 0.25) is 0 Å². The number of carbonyl (C=O) groups is 1. The number of hydrogen-bond acceptors (Lipinski definition) is 4. The van der Waals surface area contributed by atoms with Crippen LogP contribution in [0.15, 0.2) is 18.2 Å². The number of hydrogen-bond donors (Lipinski definition) is 0. The summed E-state index contributed by atoms with van der Waals surface area (Å²) < 4.78 is 11.3. The number of fused-ring (bicyclic) bond motifs is 1. The topological polar surface area (TPSA) is 42.0 Å². The molecule has 3 aliphatic rings. The second-order valence-electron chi connectivity index (χ2n) is 6.60. The van der Waals surface area contributed by atoms with Crippen LogP contribution < -0.4 is 9.47 Å². The molecule has 0 atom stereocenters. The van der Waals surface area contributed by atoms with Crippen LogP contribution in [0.4, 0.5) is 0 Å². The van der Waals surface area contributed by atoms with E-state index < -0.39 is 0 Å². The van der Waals surface area contributed by atoms with Crippen LogP contribution in [0.25, 0.3) is 0 Å². The normalized spacial score (nSPS) is 22.3. The molecule has 23 heavy (non-hydrogen) atoms. The third-order valence-corrected chi connectivity index (χ3v) is 5.24. The highest BCUT2D eigenvalue weighted by atomic mass is 16.6. The van der Waals surface area contributed by atoms with E-state index >= 15 is 0 Å². The maximum Gasteiger partial charge on any atom is 0.257 e. The summed E-state index contributed by atoms with van der Waals surface area (Å²) in [6, 6.07) is 6.33. The molecule has 124 valence electrons. The Kier molecular flexibility index (Phi) is 4.12. The van der Waals surface area contributed by atoms with Crippen molar-refractivity contribution in [3.05, 3.63) is 23.8 Å². The van der Waals surface area contributed by atoms with Gasteiger partial charge in [0.2, 0.25) is 0 Å². The van der Waals surface area contributed by atoms with Crippen molar-refractivity contribution in [2.45, 2.75) is 31.7 Å². The molecule has 2 aliphatic heterocycles. The monoisotopic (exact) mass is 316 g/mol. The van der Waals surface area contributed by atoms with Crippen molar-refractivity contribution in [3.8, 4) is 11.5 Å². The second-order valence-corrected chi connectivity index (χ2v) is 6.60. The van der Waals surface area contributed by atoms with E-state index in [2.05, 4.69) is 4.90 Å².